The molecule has 1 fully saturated rings. The molecule has 3 heterocycles. The van der Waals surface area contributed by atoms with Crippen LogP contribution in [0.3, 0.4) is 0 Å². The van der Waals surface area contributed by atoms with Crippen LogP contribution >= 0.6 is 0 Å². The van der Waals surface area contributed by atoms with E-state index in [1.807, 2.05) is 32.9 Å². The number of hydrogen-bond donors (Lipinski definition) is 2. The normalized spacial score (nSPS) is 16.6. The topological polar surface area (TPSA) is 83.4 Å². The fraction of sp³-hybridized carbons (Fsp3) is 0.579. The third-order valence-corrected chi connectivity index (χ3v) is 5.01. The first kappa shape index (κ1) is 18.7. The van der Waals surface area contributed by atoms with E-state index in [0.29, 0.717) is 32.6 Å². The SMILES string of the molecule is Cc1ccc([C@@H](CNC(=O)CCc2n[nH]c(C)c2C)N2CCOCC2)o1. The Morgan fingerprint density at radius 2 is 2.08 bits per heavy atom. The van der Waals surface area contributed by atoms with Gasteiger partial charge < -0.3 is 14.5 Å². The molecule has 2 aromatic rings. The standard InChI is InChI=1S/C19H28N4O3/c1-13-4-6-18(26-13)17(23-8-10-25-11-9-23)12-20-19(24)7-5-16-14(2)15(3)21-22-16/h4,6,17H,5,7-12H2,1-3H3,(H,20,24)(H,21,22)/t17-/m1/s1. The van der Waals surface area contributed by atoms with Crippen LogP contribution < -0.4 is 5.32 Å². The number of ether oxygens (including phenoxy) is 1. The Morgan fingerprint density at radius 1 is 1.31 bits per heavy atom. The maximum atomic E-state index is 12.3. The lowest BCUT2D eigenvalue weighted by molar-refractivity contribution is -0.121. The van der Waals surface area contributed by atoms with Crippen LogP contribution in [0.2, 0.25) is 0 Å². The largest absolute Gasteiger partial charge is 0.465 e. The summed E-state index contributed by atoms with van der Waals surface area (Å²) in [6.45, 7) is 9.59. The van der Waals surface area contributed by atoms with Crippen LogP contribution in [0.1, 0.15) is 40.9 Å². The van der Waals surface area contributed by atoms with Crippen LogP contribution in [0.4, 0.5) is 0 Å². The number of nitrogens with one attached hydrogen (secondary N) is 2. The summed E-state index contributed by atoms with van der Waals surface area (Å²) in [5, 5.41) is 10.3. The zero-order valence-electron chi connectivity index (χ0n) is 15.8. The van der Waals surface area contributed by atoms with Crippen molar-refractivity contribution in [2.24, 2.45) is 0 Å². The molecule has 142 valence electrons. The summed E-state index contributed by atoms with van der Waals surface area (Å²) >= 11 is 0. The number of furan rings is 1. The molecule has 1 atom stereocenters. The lowest BCUT2D eigenvalue weighted by Gasteiger charge is -2.33. The second kappa shape index (κ2) is 8.51. The van der Waals surface area contributed by atoms with E-state index < -0.39 is 0 Å². The molecule has 0 aromatic carbocycles. The summed E-state index contributed by atoms with van der Waals surface area (Å²) in [6, 6.07) is 4.00. The molecular formula is C19H28N4O3. The summed E-state index contributed by atoms with van der Waals surface area (Å²) in [5.41, 5.74) is 3.15. The van der Waals surface area contributed by atoms with Crippen molar-refractivity contribution in [3.05, 3.63) is 40.6 Å². The van der Waals surface area contributed by atoms with Gasteiger partial charge in [-0.15, -0.1) is 0 Å². The molecule has 0 saturated carbocycles. The monoisotopic (exact) mass is 360 g/mol. The van der Waals surface area contributed by atoms with Gasteiger partial charge in [-0.3, -0.25) is 14.8 Å². The van der Waals surface area contributed by atoms with Crippen LogP contribution in [-0.2, 0) is 16.0 Å². The highest BCUT2D eigenvalue weighted by molar-refractivity contribution is 5.76. The Balaban J connectivity index is 1.56. The van der Waals surface area contributed by atoms with Crippen LogP contribution in [0.25, 0.3) is 0 Å². The van der Waals surface area contributed by atoms with Gasteiger partial charge in [-0.05, 0) is 38.5 Å². The Kier molecular flexibility index (Phi) is 6.11. The molecule has 0 bridgehead atoms. The van der Waals surface area contributed by atoms with E-state index in [1.165, 1.54) is 0 Å². The average Bonchev–Trinajstić information content (AvgIpc) is 3.21. The molecule has 1 amide bonds. The van der Waals surface area contributed by atoms with Gasteiger partial charge in [-0.25, -0.2) is 0 Å². The molecule has 0 radical (unpaired) electrons. The summed E-state index contributed by atoms with van der Waals surface area (Å²) in [5.74, 6) is 1.81. The number of aromatic nitrogens is 2. The maximum absolute atomic E-state index is 12.3. The number of aromatic amines is 1. The fourth-order valence-electron chi connectivity index (χ4n) is 3.24. The summed E-state index contributed by atoms with van der Waals surface area (Å²) in [7, 11) is 0. The highest BCUT2D eigenvalue weighted by Gasteiger charge is 2.25. The molecule has 7 heteroatoms. The minimum atomic E-state index is 0.0333. The Hall–Kier alpha value is -2.12. The number of hydrogen-bond acceptors (Lipinski definition) is 5. The van der Waals surface area contributed by atoms with Crippen LogP contribution in [-0.4, -0.2) is 53.9 Å². The minimum absolute atomic E-state index is 0.0333. The smallest absolute Gasteiger partial charge is 0.220 e. The van der Waals surface area contributed by atoms with E-state index >= 15 is 0 Å². The van der Waals surface area contributed by atoms with E-state index in [-0.39, 0.29) is 11.9 Å². The third-order valence-electron chi connectivity index (χ3n) is 5.01. The Bertz CT molecular complexity index is 731. The quantitative estimate of drug-likeness (QED) is 0.790. The Labute approximate surface area is 154 Å². The number of carbonyl (C=O) groups is 1. The van der Waals surface area contributed by atoms with Gasteiger partial charge in [-0.2, -0.15) is 5.10 Å². The minimum Gasteiger partial charge on any atom is -0.465 e. The lowest BCUT2D eigenvalue weighted by atomic mass is 10.1. The number of carbonyl (C=O) groups excluding carboxylic acids is 1. The number of H-pyrrole nitrogens is 1. The second-order valence-electron chi connectivity index (χ2n) is 6.84. The van der Waals surface area contributed by atoms with Crippen molar-refractivity contribution in [3.8, 4) is 0 Å². The Morgan fingerprint density at radius 3 is 2.69 bits per heavy atom. The molecule has 0 unspecified atom stereocenters. The number of aryl methyl sites for hydroxylation is 3. The van der Waals surface area contributed by atoms with Gasteiger partial charge in [0.05, 0.1) is 24.9 Å². The molecular weight excluding hydrogens is 332 g/mol. The first-order chi connectivity index (χ1) is 12.5. The molecule has 2 N–H and O–H groups in total. The van der Waals surface area contributed by atoms with E-state index in [0.717, 1.165) is 41.6 Å². The van der Waals surface area contributed by atoms with E-state index in [1.54, 1.807) is 0 Å². The number of rotatable bonds is 7. The van der Waals surface area contributed by atoms with Crippen molar-refractivity contribution in [2.75, 3.05) is 32.8 Å². The van der Waals surface area contributed by atoms with Crippen molar-refractivity contribution in [2.45, 2.75) is 39.7 Å². The highest BCUT2D eigenvalue weighted by Crippen LogP contribution is 2.23. The summed E-state index contributed by atoms with van der Waals surface area (Å²) in [6.07, 6.45) is 1.07. The number of morpholine rings is 1. The van der Waals surface area contributed by atoms with Gasteiger partial charge in [0.2, 0.25) is 5.91 Å². The van der Waals surface area contributed by atoms with Crippen LogP contribution in [0.5, 0.6) is 0 Å². The summed E-state index contributed by atoms with van der Waals surface area (Å²) < 4.78 is 11.3. The molecule has 7 nitrogen and oxygen atoms in total. The summed E-state index contributed by atoms with van der Waals surface area (Å²) in [4.78, 5) is 14.6. The van der Waals surface area contributed by atoms with Gasteiger partial charge in [-0.1, -0.05) is 0 Å². The van der Waals surface area contributed by atoms with Crippen molar-refractivity contribution in [1.29, 1.82) is 0 Å². The van der Waals surface area contributed by atoms with E-state index in [2.05, 4.69) is 20.4 Å². The predicted octanol–water partition coefficient (Wildman–Crippen LogP) is 2.05. The number of amides is 1. The van der Waals surface area contributed by atoms with Gasteiger partial charge in [0.15, 0.2) is 0 Å². The molecule has 2 aromatic heterocycles. The van der Waals surface area contributed by atoms with E-state index in [9.17, 15) is 4.79 Å². The van der Waals surface area contributed by atoms with Crippen molar-refractivity contribution in [1.82, 2.24) is 20.4 Å². The predicted molar refractivity (Wildman–Crippen MR) is 98.0 cm³/mol. The molecule has 0 spiro atoms. The molecule has 3 rings (SSSR count). The fourth-order valence-corrected chi connectivity index (χ4v) is 3.24. The van der Waals surface area contributed by atoms with Gasteiger partial charge in [0.1, 0.15) is 11.5 Å². The molecule has 1 saturated heterocycles. The van der Waals surface area contributed by atoms with Crippen LogP contribution in [0.15, 0.2) is 16.5 Å². The first-order valence-electron chi connectivity index (χ1n) is 9.20. The highest BCUT2D eigenvalue weighted by atomic mass is 16.5. The van der Waals surface area contributed by atoms with Gasteiger partial charge in [0, 0.05) is 38.2 Å². The van der Waals surface area contributed by atoms with Gasteiger partial charge in [0.25, 0.3) is 0 Å². The van der Waals surface area contributed by atoms with Gasteiger partial charge >= 0.3 is 0 Å². The van der Waals surface area contributed by atoms with Crippen molar-refractivity contribution < 1.29 is 13.9 Å². The molecule has 1 aliphatic heterocycles. The van der Waals surface area contributed by atoms with Crippen molar-refractivity contribution >= 4 is 5.91 Å². The zero-order chi connectivity index (χ0) is 18.5. The lowest BCUT2D eigenvalue weighted by Crippen LogP contribution is -2.43. The van der Waals surface area contributed by atoms with E-state index in [4.69, 9.17) is 9.15 Å². The molecule has 0 aliphatic carbocycles. The maximum Gasteiger partial charge on any atom is 0.220 e. The zero-order valence-corrected chi connectivity index (χ0v) is 15.8. The molecule has 1 aliphatic rings. The van der Waals surface area contributed by atoms with Crippen molar-refractivity contribution in [3.63, 3.8) is 0 Å². The average molecular weight is 360 g/mol. The second-order valence-corrected chi connectivity index (χ2v) is 6.84. The third kappa shape index (κ3) is 4.53. The first-order valence-corrected chi connectivity index (χ1v) is 9.20. The van der Waals surface area contributed by atoms with Crippen LogP contribution in [0, 0.1) is 20.8 Å². The molecule has 26 heavy (non-hydrogen) atoms. The number of nitrogens with zero attached hydrogens (tertiary/aromatic N) is 2.